The van der Waals surface area contributed by atoms with Gasteiger partial charge >= 0.3 is 0 Å². The van der Waals surface area contributed by atoms with Gasteiger partial charge in [0.05, 0.1) is 0 Å². The molecule has 0 spiro atoms. The molecule has 3 heteroatoms. The van der Waals surface area contributed by atoms with E-state index in [-0.39, 0.29) is 26.1 Å². The van der Waals surface area contributed by atoms with E-state index >= 15 is 0 Å². The van der Waals surface area contributed by atoms with Crippen molar-refractivity contribution in [1.29, 1.82) is 0 Å². The second-order valence-corrected chi connectivity index (χ2v) is 0.316. The second kappa shape index (κ2) is 48.0. The van der Waals surface area contributed by atoms with E-state index in [0.717, 1.165) is 7.11 Å². The maximum Gasteiger partial charge on any atom is 0.0402 e. The maximum atomic E-state index is 7.57. The summed E-state index contributed by atoms with van der Waals surface area (Å²) in [7, 11) is 1.00. The summed E-state index contributed by atoms with van der Waals surface area (Å²) in [6.07, 6.45) is 0. The van der Waals surface area contributed by atoms with Crippen molar-refractivity contribution in [3.05, 3.63) is 0 Å². The summed E-state index contributed by atoms with van der Waals surface area (Å²) in [5, 5.41) is 14.6. The molecule has 0 aliphatic heterocycles. The molecule has 0 saturated heterocycles. The van der Waals surface area contributed by atoms with Crippen molar-refractivity contribution in [2.45, 2.75) is 6.92 Å². The number of rotatable bonds is 0. The molecular formula is C3H10O2Zn. The Hall–Kier alpha value is 0.543. The number of aliphatic hydroxyl groups excluding tert-OH is 2. The molecule has 0 heterocycles. The van der Waals surface area contributed by atoms with Crippen LogP contribution in [-0.2, 0) is 19.5 Å². The minimum absolute atomic E-state index is 0. The van der Waals surface area contributed by atoms with Gasteiger partial charge in [-0.2, -0.15) is 0 Å². The van der Waals surface area contributed by atoms with E-state index in [0.29, 0.717) is 0 Å². The molecule has 6 heavy (non-hydrogen) atoms. The van der Waals surface area contributed by atoms with Gasteiger partial charge in [0.2, 0.25) is 0 Å². The van der Waals surface area contributed by atoms with Crippen LogP contribution in [0.3, 0.4) is 0 Å². The van der Waals surface area contributed by atoms with Crippen LogP contribution >= 0.6 is 0 Å². The van der Waals surface area contributed by atoms with Crippen molar-refractivity contribution in [2.24, 2.45) is 0 Å². The molecule has 0 amide bonds. The van der Waals surface area contributed by atoms with Crippen molar-refractivity contribution in [2.75, 3.05) is 13.7 Å². The quantitative estimate of drug-likeness (QED) is 0.453. The normalized spacial score (nSPS) is 4.00. The molecule has 0 aliphatic rings. The third kappa shape index (κ3) is 193. The summed E-state index contributed by atoms with van der Waals surface area (Å²) >= 11 is 0. The summed E-state index contributed by atoms with van der Waals surface area (Å²) in [6, 6.07) is 0. The van der Waals surface area contributed by atoms with Gasteiger partial charge in [0.15, 0.2) is 0 Å². The third-order valence-corrected chi connectivity index (χ3v) is 0. The number of hydrogen-bond acceptors (Lipinski definition) is 2. The van der Waals surface area contributed by atoms with E-state index in [1.165, 1.54) is 0 Å². The van der Waals surface area contributed by atoms with Crippen LogP contribution in [0, 0.1) is 0 Å². The molecule has 0 radical (unpaired) electrons. The van der Waals surface area contributed by atoms with Gasteiger partial charge < -0.3 is 10.2 Å². The van der Waals surface area contributed by atoms with Crippen molar-refractivity contribution in [1.82, 2.24) is 0 Å². The molecular weight excluding hydrogens is 133 g/mol. The van der Waals surface area contributed by atoms with E-state index < -0.39 is 0 Å². The van der Waals surface area contributed by atoms with Crippen LogP contribution in [0.25, 0.3) is 0 Å². The van der Waals surface area contributed by atoms with Crippen molar-refractivity contribution in [3.8, 4) is 0 Å². The molecule has 0 aliphatic carbocycles. The minimum Gasteiger partial charge on any atom is -0.400 e. The minimum atomic E-state index is 0. The van der Waals surface area contributed by atoms with E-state index in [1.54, 1.807) is 6.92 Å². The first-order valence-corrected chi connectivity index (χ1v) is 1.47. The Balaban J connectivity index is -0.0000000275. The first-order valence-electron chi connectivity index (χ1n) is 1.47. The summed E-state index contributed by atoms with van der Waals surface area (Å²) in [5.41, 5.74) is 0. The Bertz CT molecular complexity index is 8.75. The molecule has 0 atom stereocenters. The molecule has 36 valence electrons. The van der Waals surface area contributed by atoms with Crippen molar-refractivity contribution in [3.63, 3.8) is 0 Å². The van der Waals surface area contributed by atoms with Gasteiger partial charge in [-0.3, -0.25) is 0 Å². The molecule has 0 bridgehead atoms. The fraction of sp³-hybridized carbons (Fsp3) is 1.00. The Morgan fingerprint density at radius 1 is 1.33 bits per heavy atom. The average Bonchev–Trinajstić information content (AvgIpc) is 1.46. The molecule has 0 unspecified atom stereocenters. The van der Waals surface area contributed by atoms with Crippen molar-refractivity contribution >= 4 is 0 Å². The standard InChI is InChI=1S/C2H6O.CH4O.Zn/c1-2-3;1-2;/h3H,2H2,1H3;2H,1H3;. The summed E-state index contributed by atoms with van der Waals surface area (Å²) in [4.78, 5) is 0. The number of aliphatic hydroxyl groups is 2. The van der Waals surface area contributed by atoms with E-state index in [9.17, 15) is 0 Å². The van der Waals surface area contributed by atoms with Crippen LogP contribution < -0.4 is 0 Å². The Morgan fingerprint density at radius 2 is 1.33 bits per heavy atom. The van der Waals surface area contributed by atoms with Gasteiger partial charge in [-0.25, -0.2) is 0 Å². The Kier molecular flexibility index (Phi) is 128. The predicted molar refractivity (Wildman–Crippen MR) is 20.9 cm³/mol. The molecule has 2 nitrogen and oxygen atoms in total. The summed E-state index contributed by atoms with van der Waals surface area (Å²) in [6.45, 7) is 1.93. The summed E-state index contributed by atoms with van der Waals surface area (Å²) < 4.78 is 0. The van der Waals surface area contributed by atoms with Crippen LogP contribution in [0.4, 0.5) is 0 Å². The van der Waals surface area contributed by atoms with Gasteiger partial charge in [0.1, 0.15) is 0 Å². The molecule has 0 aromatic heterocycles. The first kappa shape index (κ1) is 16.0. The third-order valence-electron chi connectivity index (χ3n) is 0. The second-order valence-electron chi connectivity index (χ2n) is 0.316. The zero-order valence-electron chi connectivity index (χ0n) is 4.31. The largest absolute Gasteiger partial charge is 0.400 e. The zero-order chi connectivity index (χ0) is 4.71. The monoisotopic (exact) mass is 142 g/mol. The van der Waals surface area contributed by atoms with Crippen LogP contribution in [0.15, 0.2) is 0 Å². The smallest absolute Gasteiger partial charge is 0.0402 e. The molecule has 0 rings (SSSR count). The van der Waals surface area contributed by atoms with Gasteiger partial charge in [-0.1, -0.05) is 0 Å². The molecule has 0 saturated carbocycles. The summed E-state index contributed by atoms with van der Waals surface area (Å²) in [5.74, 6) is 0. The Labute approximate surface area is 50.9 Å². The zero-order valence-corrected chi connectivity index (χ0v) is 7.28. The fourth-order valence-corrected chi connectivity index (χ4v) is 0. The van der Waals surface area contributed by atoms with Crippen LogP contribution in [0.1, 0.15) is 6.92 Å². The SMILES string of the molecule is CCO.CO.[Zn]. The molecule has 2 N–H and O–H groups in total. The fourth-order valence-electron chi connectivity index (χ4n) is 0. The van der Waals surface area contributed by atoms with Gasteiger partial charge in [0.25, 0.3) is 0 Å². The van der Waals surface area contributed by atoms with Gasteiger partial charge in [-0.05, 0) is 6.92 Å². The molecule has 0 fully saturated rings. The average molecular weight is 144 g/mol. The van der Waals surface area contributed by atoms with Gasteiger partial charge in [0, 0.05) is 33.2 Å². The van der Waals surface area contributed by atoms with Crippen LogP contribution in [0.2, 0.25) is 0 Å². The number of hydrogen-bond donors (Lipinski definition) is 2. The van der Waals surface area contributed by atoms with Gasteiger partial charge in [-0.15, -0.1) is 0 Å². The topological polar surface area (TPSA) is 40.5 Å². The van der Waals surface area contributed by atoms with Crippen molar-refractivity contribution < 1.29 is 29.7 Å². The van der Waals surface area contributed by atoms with Crippen LogP contribution in [0.5, 0.6) is 0 Å². The first-order chi connectivity index (χ1) is 2.41. The van der Waals surface area contributed by atoms with E-state index in [4.69, 9.17) is 10.2 Å². The van der Waals surface area contributed by atoms with E-state index in [1.807, 2.05) is 0 Å². The van der Waals surface area contributed by atoms with E-state index in [2.05, 4.69) is 0 Å². The predicted octanol–water partition coefficient (Wildman–Crippen LogP) is -0.395. The molecule has 0 aromatic carbocycles. The van der Waals surface area contributed by atoms with Crippen LogP contribution in [-0.4, -0.2) is 23.9 Å². The maximum absolute atomic E-state index is 7.57. The molecule has 0 aromatic rings. The Morgan fingerprint density at radius 3 is 1.33 bits per heavy atom.